The van der Waals surface area contributed by atoms with Crippen LogP contribution in [0, 0.1) is 0 Å². The van der Waals surface area contributed by atoms with Crippen molar-refractivity contribution in [2.45, 2.75) is 13.0 Å². The van der Waals surface area contributed by atoms with Gasteiger partial charge in [0.25, 0.3) is 0 Å². The summed E-state index contributed by atoms with van der Waals surface area (Å²) in [6.07, 6.45) is 0. The van der Waals surface area contributed by atoms with E-state index in [1.54, 1.807) is 0 Å². The van der Waals surface area contributed by atoms with E-state index in [1.165, 1.54) is 5.56 Å². The number of para-hydroxylation sites is 1. The van der Waals surface area contributed by atoms with Crippen molar-refractivity contribution in [2.75, 3.05) is 39.3 Å². The smallest absolute Gasteiger partial charge is 0.127 e. The maximum absolute atomic E-state index is 6.08. The van der Waals surface area contributed by atoms with Crippen LogP contribution in [0.3, 0.4) is 0 Å². The fourth-order valence-electron chi connectivity index (χ4n) is 3.27. The standard InChI is InChI=1S/C20H27N3O/c1-2-22-12-14-23(15-13-22)20(16-21)17-8-10-19(11-9-17)24-18-6-4-3-5-7-18/h3-11,20H,2,12-16,21H2,1H3. The van der Waals surface area contributed by atoms with E-state index in [0.717, 1.165) is 44.2 Å². The summed E-state index contributed by atoms with van der Waals surface area (Å²) in [6.45, 7) is 8.42. The summed E-state index contributed by atoms with van der Waals surface area (Å²) in [5.41, 5.74) is 7.34. The SMILES string of the molecule is CCN1CCN(C(CN)c2ccc(Oc3ccccc3)cc2)CC1. The normalized spacial score (nSPS) is 17.6. The number of likely N-dealkylation sites (N-methyl/N-ethyl adjacent to an activating group) is 1. The summed E-state index contributed by atoms with van der Waals surface area (Å²) in [5, 5.41) is 0. The van der Waals surface area contributed by atoms with Crippen molar-refractivity contribution in [1.29, 1.82) is 0 Å². The quantitative estimate of drug-likeness (QED) is 0.886. The third kappa shape index (κ3) is 4.15. The van der Waals surface area contributed by atoms with Gasteiger partial charge in [0, 0.05) is 38.8 Å². The molecule has 0 saturated carbocycles. The van der Waals surface area contributed by atoms with Gasteiger partial charge in [-0.15, -0.1) is 0 Å². The number of ether oxygens (including phenoxy) is 1. The molecule has 0 aromatic heterocycles. The Kier molecular flexibility index (Phi) is 5.86. The molecule has 3 rings (SSSR count). The molecule has 24 heavy (non-hydrogen) atoms. The van der Waals surface area contributed by atoms with Crippen molar-refractivity contribution in [3.63, 3.8) is 0 Å². The van der Waals surface area contributed by atoms with Crippen molar-refractivity contribution in [3.8, 4) is 11.5 Å². The number of rotatable bonds is 6. The fourth-order valence-corrected chi connectivity index (χ4v) is 3.27. The molecule has 1 fully saturated rings. The molecule has 4 nitrogen and oxygen atoms in total. The molecule has 0 aliphatic carbocycles. The summed E-state index contributed by atoms with van der Waals surface area (Å²) in [4.78, 5) is 4.99. The Morgan fingerprint density at radius 3 is 2.12 bits per heavy atom. The van der Waals surface area contributed by atoms with Gasteiger partial charge in [0.05, 0.1) is 0 Å². The molecule has 1 unspecified atom stereocenters. The van der Waals surface area contributed by atoms with Crippen LogP contribution < -0.4 is 10.5 Å². The van der Waals surface area contributed by atoms with Crippen LogP contribution in [0.1, 0.15) is 18.5 Å². The molecule has 2 aromatic carbocycles. The second-order valence-corrected chi connectivity index (χ2v) is 6.21. The molecule has 0 amide bonds. The number of nitrogens with two attached hydrogens (primary N) is 1. The number of benzene rings is 2. The first-order valence-corrected chi connectivity index (χ1v) is 8.79. The van der Waals surface area contributed by atoms with E-state index in [1.807, 2.05) is 42.5 Å². The van der Waals surface area contributed by atoms with Gasteiger partial charge in [-0.2, -0.15) is 0 Å². The molecule has 0 spiro atoms. The van der Waals surface area contributed by atoms with Crippen LogP contribution in [0.5, 0.6) is 11.5 Å². The van der Waals surface area contributed by atoms with Crippen LogP contribution in [0.2, 0.25) is 0 Å². The molecule has 0 bridgehead atoms. The summed E-state index contributed by atoms with van der Waals surface area (Å²) in [6, 6.07) is 18.5. The van der Waals surface area contributed by atoms with Crippen molar-refractivity contribution in [2.24, 2.45) is 5.73 Å². The largest absolute Gasteiger partial charge is 0.457 e. The zero-order valence-corrected chi connectivity index (χ0v) is 14.4. The van der Waals surface area contributed by atoms with E-state index in [2.05, 4.69) is 28.9 Å². The second kappa shape index (κ2) is 8.29. The lowest BCUT2D eigenvalue weighted by molar-refractivity contribution is 0.102. The highest BCUT2D eigenvalue weighted by Crippen LogP contribution is 2.26. The van der Waals surface area contributed by atoms with Crippen molar-refractivity contribution >= 4 is 0 Å². The third-order valence-electron chi connectivity index (χ3n) is 4.76. The van der Waals surface area contributed by atoms with E-state index in [4.69, 9.17) is 10.5 Å². The van der Waals surface area contributed by atoms with Crippen LogP contribution >= 0.6 is 0 Å². The molecule has 1 saturated heterocycles. The molecule has 4 heteroatoms. The molecule has 2 N–H and O–H groups in total. The number of piperazine rings is 1. The summed E-state index contributed by atoms with van der Waals surface area (Å²) in [5.74, 6) is 1.72. The van der Waals surface area contributed by atoms with Crippen LogP contribution in [0.4, 0.5) is 0 Å². The van der Waals surface area contributed by atoms with Crippen LogP contribution in [-0.2, 0) is 0 Å². The van der Waals surface area contributed by atoms with Crippen molar-refractivity contribution in [1.82, 2.24) is 9.80 Å². The Morgan fingerprint density at radius 2 is 1.54 bits per heavy atom. The Balaban J connectivity index is 1.65. The van der Waals surface area contributed by atoms with Gasteiger partial charge in [0.2, 0.25) is 0 Å². The zero-order valence-electron chi connectivity index (χ0n) is 14.4. The maximum Gasteiger partial charge on any atom is 0.127 e. The molecule has 128 valence electrons. The maximum atomic E-state index is 6.08. The Hall–Kier alpha value is -1.88. The predicted octanol–water partition coefficient (Wildman–Crippen LogP) is 3.12. The van der Waals surface area contributed by atoms with Gasteiger partial charge in [-0.1, -0.05) is 37.3 Å². The first kappa shape index (κ1) is 17.0. The molecule has 1 aliphatic rings. The lowest BCUT2D eigenvalue weighted by Crippen LogP contribution is -2.48. The topological polar surface area (TPSA) is 41.7 Å². The van der Waals surface area contributed by atoms with Gasteiger partial charge in [0.15, 0.2) is 0 Å². The van der Waals surface area contributed by atoms with Crippen LogP contribution in [-0.4, -0.2) is 49.1 Å². The van der Waals surface area contributed by atoms with E-state index >= 15 is 0 Å². The summed E-state index contributed by atoms with van der Waals surface area (Å²) >= 11 is 0. The molecule has 1 aliphatic heterocycles. The lowest BCUT2D eigenvalue weighted by atomic mass is 10.0. The van der Waals surface area contributed by atoms with Crippen LogP contribution in [0.25, 0.3) is 0 Å². The average molecular weight is 325 g/mol. The molecular formula is C20H27N3O. The Morgan fingerprint density at radius 1 is 0.917 bits per heavy atom. The highest BCUT2D eigenvalue weighted by Gasteiger charge is 2.23. The van der Waals surface area contributed by atoms with Gasteiger partial charge in [-0.25, -0.2) is 0 Å². The second-order valence-electron chi connectivity index (χ2n) is 6.21. The fraction of sp³-hybridized carbons (Fsp3) is 0.400. The van der Waals surface area contributed by atoms with Gasteiger partial charge in [-0.05, 0) is 36.4 Å². The van der Waals surface area contributed by atoms with Gasteiger partial charge < -0.3 is 15.4 Å². The molecule has 0 radical (unpaired) electrons. The van der Waals surface area contributed by atoms with Crippen molar-refractivity contribution in [3.05, 3.63) is 60.2 Å². The number of hydrogen-bond acceptors (Lipinski definition) is 4. The number of nitrogens with zero attached hydrogens (tertiary/aromatic N) is 2. The monoisotopic (exact) mass is 325 g/mol. The molecule has 1 atom stereocenters. The zero-order chi connectivity index (χ0) is 16.8. The van der Waals surface area contributed by atoms with Gasteiger partial charge in [0.1, 0.15) is 11.5 Å². The van der Waals surface area contributed by atoms with Gasteiger partial charge in [-0.3, -0.25) is 4.90 Å². The van der Waals surface area contributed by atoms with E-state index < -0.39 is 0 Å². The Bertz CT molecular complexity index is 607. The van der Waals surface area contributed by atoms with Crippen LogP contribution in [0.15, 0.2) is 54.6 Å². The highest BCUT2D eigenvalue weighted by atomic mass is 16.5. The van der Waals surface area contributed by atoms with Gasteiger partial charge >= 0.3 is 0 Å². The minimum atomic E-state index is 0.287. The first-order chi connectivity index (χ1) is 11.8. The minimum absolute atomic E-state index is 0.287. The summed E-state index contributed by atoms with van der Waals surface area (Å²) in [7, 11) is 0. The minimum Gasteiger partial charge on any atom is -0.457 e. The first-order valence-electron chi connectivity index (χ1n) is 8.79. The average Bonchev–Trinajstić information content (AvgIpc) is 2.65. The molecular weight excluding hydrogens is 298 g/mol. The molecule has 1 heterocycles. The highest BCUT2D eigenvalue weighted by molar-refractivity contribution is 5.34. The Labute approximate surface area is 144 Å². The van der Waals surface area contributed by atoms with E-state index in [0.29, 0.717) is 6.54 Å². The lowest BCUT2D eigenvalue weighted by Gasteiger charge is -2.38. The predicted molar refractivity (Wildman–Crippen MR) is 98.4 cm³/mol. The van der Waals surface area contributed by atoms with E-state index in [-0.39, 0.29) is 6.04 Å². The van der Waals surface area contributed by atoms with Crippen molar-refractivity contribution < 1.29 is 4.74 Å². The molecule has 2 aromatic rings. The third-order valence-corrected chi connectivity index (χ3v) is 4.76. The van der Waals surface area contributed by atoms with E-state index in [9.17, 15) is 0 Å². The number of hydrogen-bond donors (Lipinski definition) is 1. The summed E-state index contributed by atoms with van der Waals surface area (Å²) < 4.78 is 5.87.